The van der Waals surface area contributed by atoms with Crippen LogP contribution in [0.5, 0.6) is 0 Å². The van der Waals surface area contributed by atoms with Gasteiger partial charge in [0, 0.05) is 39.9 Å². The zero-order chi connectivity index (χ0) is 38.9. The second kappa shape index (κ2) is 13.5. The molecule has 1 aliphatic rings. The van der Waals surface area contributed by atoms with Crippen molar-refractivity contribution in [3.05, 3.63) is 223 Å². The molecule has 0 bridgehead atoms. The Morgan fingerprint density at radius 1 is 0.458 bits per heavy atom. The lowest BCUT2D eigenvalue weighted by Crippen LogP contribution is -2.21. The fourth-order valence-electron chi connectivity index (χ4n) is 9.40. The summed E-state index contributed by atoms with van der Waals surface area (Å²) in [5.41, 5.74) is 12.6. The van der Waals surface area contributed by atoms with Crippen LogP contribution in [0.1, 0.15) is 22.8 Å². The van der Waals surface area contributed by atoms with E-state index in [2.05, 4.69) is 211 Å². The number of rotatable bonds is 6. The Hall–Kier alpha value is -7.62. The van der Waals surface area contributed by atoms with E-state index in [1.54, 1.807) is 0 Å². The maximum absolute atomic E-state index is 7.08. The first kappa shape index (κ1) is 33.5. The van der Waals surface area contributed by atoms with Crippen LogP contribution in [-0.2, 0) is 6.42 Å². The third kappa shape index (κ3) is 5.50. The first-order valence-electron chi connectivity index (χ1n) is 20.3. The van der Waals surface area contributed by atoms with Crippen LogP contribution in [-0.4, -0.2) is 0 Å². The molecule has 9 aromatic carbocycles. The van der Waals surface area contributed by atoms with Crippen molar-refractivity contribution in [2.45, 2.75) is 12.3 Å². The molecule has 0 spiro atoms. The Bertz CT molecular complexity index is 3410. The van der Waals surface area contributed by atoms with E-state index in [1.165, 1.54) is 27.1 Å². The molecule has 0 aliphatic heterocycles. The summed E-state index contributed by atoms with van der Waals surface area (Å²) in [6.07, 6.45) is 3.24. The number of nitrogens with zero attached hydrogens (tertiary/aromatic N) is 1. The first-order valence-corrected chi connectivity index (χ1v) is 20.3. The Labute approximate surface area is 341 Å². The van der Waals surface area contributed by atoms with Crippen LogP contribution in [0.15, 0.2) is 215 Å². The highest BCUT2D eigenvalue weighted by atomic mass is 16.3. The topological polar surface area (TPSA) is 29.5 Å². The van der Waals surface area contributed by atoms with Crippen LogP contribution >= 0.6 is 0 Å². The largest absolute Gasteiger partial charge is 0.460 e. The quantitative estimate of drug-likeness (QED) is 0.158. The van der Waals surface area contributed by atoms with Gasteiger partial charge in [-0.2, -0.15) is 0 Å². The van der Waals surface area contributed by atoms with Crippen molar-refractivity contribution in [2.24, 2.45) is 0 Å². The number of anilines is 2. The van der Waals surface area contributed by atoms with Crippen molar-refractivity contribution in [3.8, 4) is 22.3 Å². The normalized spacial score (nSPS) is 14.0. The molecule has 1 atom stereocenters. The lowest BCUT2D eigenvalue weighted by Gasteiger charge is -2.33. The lowest BCUT2D eigenvalue weighted by molar-refractivity contribution is 0.531. The maximum Gasteiger partial charge on any atom is 0.145 e. The van der Waals surface area contributed by atoms with Gasteiger partial charge in [-0.1, -0.05) is 164 Å². The molecule has 278 valence electrons. The molecule has 1 aliphatic carbocycles. The first-order chi connectivity index (χ1) is 29.2. The van der Waals surface area contributed by atoms with Gasteiger partial charge in [-0.15, -0.1) is 0 Å². The lowest BCUT2D eigenvalue weighted by atomic mass is 9.85. The smallest absolute Gasteiger partial charge is 0.145 e. The van der Waals surface area contributed by atoms with Crippen LogP contribution in [0, 0.1) is 0 Å². The van der Waals surface area contributed by atoms with Crippen LogP contribution in [0.2, 0.25) is 0 Å². The number of hydrogen-bond donors (Lipinski definition) is 0. The van der Waals surface area contributed by atoms with Gasteiger partial charge in [-0.25, -0.2) is 0 Å². The molecule has 0 fully saturated rings. The highest BCUT2D eigenvalue weighted by Crippen LogP contribution is 2.51. The van der Waals surface area contributed by atoms with E-state index in [-0.39, 0.29) is 5.92 Å². The Balaban J connectivity index is 1.18. The molecule has 0 amide bonds. The molecule has 11 aromatic rings. The van der Waals surface area contributed by atoms with Gasteiger partial charge in [0.25, 0.3) is 0 Å². The Kier molecular flexibility index (Phi) is 7.67. The standard InChI is InChI=1S/C56H37NO2/c1-4-14-36(15-5-1)40-26-28-48-52(34-40)59-56-46(38-18-8-3-9-19-38)30-31-49(55(48)56)57(43-27-29-45-41(32-43)25-24-39-20-10-11-21-44(39)45)50-33-42(37-16-6-2-7-17-37)35-53-54(50)47-22-12-13-23-51(47)58-53/h1-34,42H,35H2. The molecule has 59 heavy (non-hydrogen) atoms. The summed E-state index contributed by atoms with van der Waals surface area (Å²) in [5, 5.41) is 8.14. The van der Waals surface area contributed by atoms with Crippen molar-refractivity contribution >= 4 is 71.5 Å². The molecular weight excluding hydrogens is 719 g/mol. The fraction of sp³-hybridized carbons (Fsp3) is 0.0357. The highest BCUT2D eigenvalue weighted by molar-refractivity contribution is 6.19. The van der Waals surface area contributed by atoms with Gasteiger partial charge in [0.05, 0.1) is 16.8 Å². The SMILES string of the molecule is C1=C(N(c2ccc3c(ccc4ccccc43)c2)c2ccc(-c3ccccc3)c3oc4cc(-c5ccccc5)ccc4c23)c2c(oc3ccccc23)CC1c1ccccc1. The number of hydrogen-bond acceptors (Lipinski definition) is 3. The molecule has 0 radical (unpaired) electrons. The van der Waals surface area contributed by atoms with Gasteiger partial charge < -0.3 is 13.7 Å². The van der Waals surface area contributed by atoms with Crippen LogP contribution in [0.3, 0.4) is 0 Å². The second-order valence-corrected chi connectivity index (χ2v) is 15.6. The van der Waals surface area contributed by atoms with E-state index in [4.69, 9.17) is 8.83 Å². The molecule has 2 aromatic heterocycles. The third-order valence-corrected chi connectivity index (χ3v) is 12.2. The molecule has 0 saturated carbocycles. The minimum Gasteiger partial charge on any atom is -0.460 e. The van der Waals surface area contributed by atoms with Gasteiger partial charge in [0.15, 0.2) is 0 Å². The average molecular weight is 756 g/mol. The fourth-order valence-corrected chi connectivity index (χ4v) is 9.40. The van der Waals surface area contributed by atoms with Crippen molar-refractivity contribution in [1.29, 1.82) is 0 Å². The second-order valence-electron chi connectivity index (χ2n) is 15.6. The number of para-hydroxylation sites is 1. The summed E-state index contributed by atoms with van der Waals surface area (Å²) in [6.45, 7) is 0. The Morgan fingerprint density at radius 3 is 1.97 bits per heavy atom. The minimum atomic E-state index is 0.0970. The molecule has 0 saturated heterocycles. The zero-order valence-corrected chi connectivity index (χ0v) is 32.2. The summed E-state index contributed by atoms with van der Waals surface area (Å²) in [7, 11) is 0. The molecule has 3 heteroatoms. The van der Waals surface area contributed by atoms with Crippen molar-refractivity contribution in [3.63, 3.8) is 0 Å². The van der Waals surface area contributed by atoms with Crippen LogP contribution < -0.4 is 4.90 Å². The number of allylic oxidation sites excluding steroid dienone is 1. The van der Waals surface area contributed by atoms with Crippen LogP contribution in [0.4, 0.5) is 11.4 Å². The molecule has 0 N–H and O–H groups in total. The summed E-state index contributed by atoms with van der Waals surface area (Å²) in [6, 6.07) is 71.7. The van der Waals surface area contributed by atoms with E-state index in [0.29, 0.717) is 0 Å². The highest BCUT2D eigenvalue weighted by Gasteiger charge is 2.33. The van der Waals surface area contributed by atoms with Gasteiger partial charge in [0.2, 0.25) is 0 Å². The minimum absolute atomic E-state index is 0.0970. The molecule has 3 nitrogen and oxygen atoms in total. The van der Waals surface area contributed by atoms with E-state index >= 15 is 0 Å². The summed E-state index contributed by atoms with van der Waals surface area (Å²) in [5.74, 6) is 1.09. The number of furan rings is 2. The summed E-state index contributed by atoms with van der Waals surface area (Å²) >= 11 is 0. The van der Waals surface area contributed by atoms with Gasteiger partial charge in [-0.3, -0.25) is 0 Å². The predicted octanol–water partition coefficient (Wildman–Crippen LogP) is 15.5. The van der Waals surface area contributed by atoms with E-state index in [0.717, 1.165) is 90.0 Å². The van der Waals surface area contributed by atoms with Crippen molar-refractivity contribution in [1.82, 2.24) is 0 Å². The molecule has 2 heterocycles. The summed E-state index contributed by atoms with van der Waals surface area (Å²) < 4.78 is 13.9. The summed E-state index contributed by atoms with van der Waals surface area (Å²) in [4.78, 5) is 2.47. The van der Waals surface area contributed by atoms with E-state index in [1.807, 2.05) is 0 Å². The maximum atomic E-state index is 7.08. The Morgan fingerprint density at radius 2 is 1.14 bits per heavy atom. The molecular formula is C56H37NO2. The number of fused-ring (bicyclic) bond motifs is 9. The number of benzene rings is 9. The third-order valence-electron chi connectivity index (χ3n) is 12.2. The predicted molar refractivity (Wildman–Crippen MR) is 245 cm³/mol. The van der Waals surface area contributed by atoms with Gasteiger partial charge in [-0.05, 0) is 86.3 Å². The van der Waals surface area contributed by atoms with E-state index in [9.17, 15) is 0 Å². The van der Waals surface area contributed by atoms with Crippen molar-refractivity contribution < 1.29 is 8.83 Å². The zero-order valence-electron chi connectivity index (χ0n) is 32.2. The van der Waals surface area contributed by atoms with Gasteiger partial charge in [0.1, 0.15) is 22.5 Å². The molecule has 12 rings (SSSR count). The monoisotopic (exact) mass is 755 g/mol. The average Bonchev–Trinajstić information content (AvgIpc) is 3.89. The van der Waals surface area contributed by atoms with Gasteiger partial charge >= 0.3 is 0 Å². The molecule has 1 unspecified atom stereocenters. The van der Waals surface area contributed by atoms with E-state index < -0.39 is 0 Å². The van der Waals surface area contributed by atoms with Crippen molar-refractivity contribution in [2.75, 3.05) is 4.90 Å². The van der Waals surface area contributed by atoms with Crippen LogP contribution in [0.25, 0.3) is 82.4 Å².